The van der Waals surface area contributed by atoms with Gasteiger partial charge in [0, 0.05) is 6.42 Å². The summed E-state index contributed by atoms with van der Waals surface area (Å²) in [6, 6.07) is 18.7. The van der Waals surface area contributed by atoms with Gasteiger partial charge < -0.3 is 14.5 Å². The van der Waals surface area contributed by atoms with Gasteiger partial charge in [0.1, 0.15) is 29.6 Å². The molecule has 2 aliphatic rings. The fourth-order valence-electron chi connectivity index (χ4n) is 4.42. The molecule has 0 spiro atoms. The second kappa shape index (κ2) is 8.75. The van der Waals surface area contributed by atoms with Gasteiger partial charge in [-0.2, -0.15) is 5.10 Å². The number of hydrogen-bond acceptors (Lipinski definition) is 6. The maximum Gasteiger partial charge on any atom is 0.325 e. The summed E-state index contributed by atoms with van der Waals surface area (Å²) in [4.78, 5) is 40.3. The molecule has 2 atom stereocenters. The van der Waals surface area contributed by atoms with Crippen LogP contribution < -0.4 is 10.1 Å². The SMILES string of the molecule is COc1ccc(C2=NN(C(=O)CN3C(=O)NC(C)(c4ccccc4)C3=O)C(c3ccco3)C2)cc1. The van der Waals surface area contributed by atoms with Crippen LogP contribution in [-0.2, 0) is 15.1 Å². The van der Waals surface area contributed by atoms with Crippen LogP contribution in [0.25, 0.3) is 0 Å². The predicted octanol–water partition coefficient (Wildman–Crippen LogP) is 3.43. The van der Waals surface area contributed by atoms with E-state index in [1.807, 2.05) is 30.3 Å². The Morgan fingerprint density at radius 2 is 1.86 bits per heavy atom. The molecule has 2 unspecified atom stereocenters. The van der Waals surface area contributed by atoms with Crippen LogP contribution in [0.1, 0.15) is 36.3 Å². The van der Waals surface area contributed by atoms with E-state index in [9.17, 15) is 14.4 Å². The molecule has 1 saturated heterocycles. The summed E-state index contributed by atoms with van der Waals surface area (Å²) in [5, 5.41) is 8.60. The number of hydrazone groups is 1. The number of carbonyl (C=O) groups is 3. The lowest BCUT2D eigenvalue weighted by molar-refractivity contribution is -0.140. The first-order valence-electron chi connectivity index (χ1n) is 11.2. The third-order valence-electron chi connectivity index (χ3n) is 6.38. The molecule has 3 aromatic rings. The second-order valence-electron chi connectivity index (χ2n) is 8.56. The van der Waals surface area contributed by atoms with E-state index in [1.54, 1.807) is 50.4 Å². The van der Waals surface area contributed by atoms with Crippen LogP contribution in [0.3, 0.4) is 0 Å². The number of imide groups is 1. The first-order chi connectivity index (χ1) is 16.9. The van der Waals surface area contributed by atoms with Gasteiger partial charge in [0.2, 0.25) is 0 Å². The van der Waals surface area contributed by atoms with E-state index in [1.165, 1.54) is 11.3 Å². The van der Waals surface area contributed by atoms with Crippen molar-refractivity contribution in [2.45, 2.75) is 24.9 Å². The number of nitrogens with one attached hydrogen (secondary N) is 1. The average molecular weight is 473 g/mol. The molecule has 0 radical (unpaired) electrons. The van der Waals surface area contributed by atoms with Crippen molar-refractivity contribution in [3.05, 3.63) is 89.9 Å². The summed E-state index contributed by atoms with van der Waals surface area (Å²) in [6.45, 7) is 1.19. The Labute approximate surface area is 202 Å². The van der Waals surface area contributed by atoms with Crippen molar-refractivity contribution in [1.82, 2.24) is 15.2 Å². The van der Waals surface area contributed by atoms with Crippen LogP contribution in [0.4, 0.5) is 4.79 Å². The van der Waals surface area contributed by atoms with Crippen molar-refractivity contribution in [2.24, 2.45) is 5.10 Å². The van der Waals surface area contributed by atoms with Crippen LogP contribution in [0.15, 0.2) is 82.5 Å². The highest BCUT2D eigenvalue weighted by Gasteiger charge is 2.50. The average Bonchev–Trinajstić information content (AvgIpc) is 3.61. The van der Waals surface area contributed by atoms with Crippen molar-refractivity contribution in [1.29, 1.82) is 0 Å². The molecule has 9 nitrogen and oxygen atoms in total. The van der Waals surface area contributed by atoms with Crippen LogP contribution in [0.2, 0.25) is 0 Å². The molecule has 35 heavy (non-hydrogen) atoms. The Bertz CT molecular complexity index is 1290. The molecule has 0 aliphatic carbocycles. The largest absolute Gasteiger partial charge is 0.497 e. The molecule has 3 heterocycles. The van der Waals surface area contributed by atoms with Gasteiger partial charge in [0.15, 0.2) is 0 Å². The van der Waals surface area contributed by atoms with E-state index in [-0.39, 0.29) is 0 Å². The lowest BCUT2D eigenvalue weighted by Crippen LogP contribution is -2.43. The van der Waals surface area contributed by atoms with Gasteiger partial charge in [-0.3, -0.25) is 14.5 Å². The number of ether oxygens (including phenoxy) is 1. The number of methoxy groups -OCH3 is 1. The van der Waals surface area contributed by atoms with Gasteiger partial charge in [-0.25, -0.2) is 9.80 Å². The zero-order chi connectivity index (χ0) is 24.6. The standard InChI is InChI=1S/C26H24N4O5/c1-26(18-7-4-3-5-8-18)24(32)29(25(33)27-26)16-23(31)30-21(22-9-6-14-35-22)15-20(28-30)17-10-12-19(34-2)13-11-17/h3-14,21H,15-16H2,1-2H3,(H,27,33). The molecule has 178 valence electrons. The highest BCUT2D eigenvalue weighted by molar-refractivity contribution is 6.09. The number of urea groups is 1. The molecule has 0 bridgehead atoms. The van der Waals surface area contributed by atoms with Crippen molar-refractivity contribution < 1.29 is 23.5 Å². The molecular weight excluding hydrogens is 448 g/mol. The van der Waals surface area contributed by atoms with E-state index in [2.05, 4.69) is 10.4 Å². The smallest absolute Gasteiger partial charge is 0.325 e. The molecule has 1 N–H and O–H groups in total. The Kier molecular flexibility index (Phi) is 5.60. The van der Waals surface area contributed by atoms with Crippen LogP contribution in [-0.4, -0.2) is 47.1 Å². The van der Waals surface area contributed by atoms with E-state index in [0.717, 1.165) is 10.5 Å². The van der Waals surface area contributed by atoms with E-state index >= 15 is 0 Å². The zero-order valence-corrected chi connectivity index (χ0v) is 19.3. The molecule has 4 amide bonds. The first-order valence-corrected chi connectivity index (χ1v) is 11.2. The fourth-order valence-corrected chi connectivity index (χ4v) is 4.42. The molecule has 2 aromatic carbocycles. The van der Waals surface area contributed by atoms with E-state index < -0.39 is 36.0 Å². The number of hydrogen-bond donors (Lipinski definition) is 1. The summed E-state index contributed by atoms with van der Waals surface area (Å²) in [5.74, 6) is 0.297. The van der Waals surface area contributed by atoms with Crippen molar-refractivity contribution in [2.75, 3.05) is 13.7 Å². The number of amides is 4. The quantitative estimate of drug-likeness (QED) is 0.554. The topological polar surface area (TPSA) is 104 Å². The maximum atomic E-state index is 13.4. The van der Waals surface area contributed by atoms with Gasteiger partial charge in [-0.1, -0.05) is 30.3 Å². The molecule has 0 saturated carbocycles. The summed E-state index contributed by atoms with van der Waals surface area (Å²) in [7, 11) is 1.59. The highest BCUT2D eigenvalue weighted by Crippen LogP contribution is 2.34. The van der Waals surface area contributed by atoms with Gasteiger partial charge >= 0.3 is 6.03 Å². The van der Waals surface area contributed by atoms with Crippen LogP contribution >= 0.6 is 0 Å². The van der Waals surface area contributed by atoms with E-state index in [0.29, 0.717) is 29.2 Å². The van der Waals surface area contributed by atoms with Gasteiger partial charge in [0.05, 0.1) is 19.1 Å². The van der Waals surface area contributed by atoms with Gasteiger partial charge in [0.25, 0.3) is 11.8 Å². The minimum Gasteiger partial charge on any atom is -0.497 e. The maximum absolute atomic E-state index is 13.4. The molecule has 1 aromatic heterocycles. The normalized spacial score (nSPS) is 21.8. The summed E-state index contributed by atoms with van der Waals surface area (Å²) < 4.78 is 10.8. The third-order valence-corrected chi connectivity index (χ3v) is 6.38. The van der Waals surface area contributed by atoms with E-state index in [4.69, 9.17) is 9.15 Å². The molecule has 1 fully saturated rings. The van der Waals surface area contributed by atoms with Crippen molar-refractivity contribution >= 4 is 23.6 Å². The van der Waals surface area contributed by atoms with Gasteiger partial charge in [-0.05, 0) is 54.4 Å². The van der Waals surface area contributed by atoms with Crippen molar-refractivity contribution in [3.8, 4) is 5.75 Å². The second-order valence-corrected chi connectivity index (χ2v) is 8.56. The Morgan fingerprint density at radius 3 is 2.51 bits per heavy atom. The predicted molar refractivity (Wildman–Crippen MR) is 126 cm³/mol. The lowest BCUT2D eigenvalue weighted by Gasteiger charge is -2.24. The molecular formula is C26H24N4O5. The van der Waals surface area contributed by atoms with Gasteiger partial charge in [-0.15, -0.1) is 0 Å². The highest BCUT2D eigenvalue weighted by atomic mass is 16.5. The summed E-state index contributed by atoms with van der Waals surface area (Å²) in [5.41, 5.74) is 0.919. The monoisotopic (exact) mass is 472 g/mol. The number of benzene rings is 2. The lowest BCUT2D eigenvalue weighted by atomic mass is 9.92. The van der Waals surface area contributed by atoms with Crippen molar-refractivity contribution in [3.63, 3.8) is 0 Å². The Balaban J connectivity index is 1.40. The molecule has 2 aliphatic heterocycles. The zero-order valence-electron chi connectivity index (χ0n) is 19.3. The minimum absolute atomic E-state index is 0.424. The molecule has 5 rings (SSSR count). The number of nitrogens with zero attached hydrogens (tertiary/aromatic N) is 3. The minimum atomic E-state index is -1.25. The number of rotatable bonds is 6. The first kappa shape index (κ1) is 22.4. The van der Waals surface area contributed by atoms with Crippen LogP contribution in [0, 0.1) is 0 Å². The molecule has 9 heteroatoms. The number of furan rings is 1. The Morgan fingerprint density at radius 1 is 1.11 bits per heavy atom. The summed E-state index contributed by atoms with van der Waals surface area (Å²) in [6.07, 6.45) is 1.96. The summed E-state index contributed by atoms with van der Waals surface area (Å²) >= 11 is 0. The van der Waals surface area contributed by atoms with Crippen LogP contribution in [0.5, 0.6) is 5.75 Å². The third kappa shape index (κ3) is 3.95. The Hall–Kier alpha value is -4.40. The number of carbonyl (C=O) groups excluding carboxylic acids is 3. The fraction of sp³-hybridized carbons (Fsp3) is 0.231.